The summed E-state index contributed by atoms with van der Waals surface area (Å²) in [6.07, 6.45) is 2.28. The summed E-state index contributed by atoms with van der Waals surface area (Å²) in [5.41, 5.74) is 9.78. The lowest BCUT2D eigenvalue weighted by atomic mass is 10.2. The lowest BCUT2D eigenvalue weighted by Crippen LogP contribution is -2.24. The number of hydrogen-bond donors (Lipinski definition) is 4. The standard InChI is InChI=1S/C43H65FN10O11/c1-2-3-13-46-41-51-42(53-43(52-41)49-34-36-5-4-6-37(44)32-36)47-14-18-59-22-20-57-16-11-39(55)48-33-35-7-9-38(10-8-35)65-40(56)12-17-58-21-24-61-26-28-63-30-31-64-29-27-62-25-23-60-19-15-50-54-45/h4-10,32H,2-3,11-31,33-34H2,1H3,(H,48,55)(H3,46,47,49,51,52,53). The molecule has 0 saturated heterocycles. The van der Waals surface area contributed by atoms with Gasteiger partial charge in [-0.3, -0.25) is 9.59 Å². The normalized spacial score (nSPS) is 10.9. The number of benzene rings is 2. The van der Waals surface area contributed by atoms with Crippen LogP contribution in [0.25, 0.3) is 10.4 Å². The fraction of sp³-hybridized carbons (Fsp3) is 0.605. The predicted octanol–water partition coefficient (Wildman–Crippen LogP) is 4.69. The number of nitrogens with one attached hydrogen (secondary N) is 4. The number of esters is 1. The number of anilines is 3. The van der Waals surface area contributed by atoms with Crippen LogP contribution >= 0.6 is 0 Å². The maximum atomic E-state index is 13.6. The van der Waals surface area contributed by atoms with Gasteiger partial charge in [-0.25, -0.2) is 4.39 Å². The Morgan fingerprint density at radius 3 is 1.71 bits per heavy atom. The topological polar surface area (TPSA) is 253 Å². The number of azide groups is 1. The van der Waals surface area contributed by atoms with E-state index in [1.54, 1.807) is 30.3 Å². The second kappa shape index (κ2) is 37.0. The van der Waals surface area contributed by atoms with Gasteiger partial charge in [0.2, 0.25) is 23.8 Å². The quantitative estimate of drug-likeness (QED) is 0.0150. The monoisotopic (exact) mass is 916 g/mol. The molecule has 0 saturated carbocycles. The molecule has 0 bridgehead atoms. The van der Waals surface area contributed by atoms with E-state index in [1.165, 1.54) is 12.1 Å². The minimum atomic E-state index is -0.421. The van der Waals surface area contributed by atoms with Crippen LogP contribution in [0.5, 0.6) is 5.75 Å². The molecule has 3 rings (SSSR count). The molecule has 3 aromatic rings. The zero-order valence-electron chi connectivity index (χ0n) is 37.3. The Balaban J connectivity index is 1.11. The van der Waals surface area contributed by atoms with Crippen molar-refractivity contribution >= 4 is 29.7 Å². The van der Waals surface area contributed by atoms with Gasteiger partial charge >= 0.3 is 5.97 Å². The summed E-state index contributed by atoms with van der Waals surface area (Å²) in [4.78, 5) is 40.5. The van der Waals surface area contributed by atoms with Gasteiger partial charge in [0.15, 0.2) is 0 Å². The third kappa shape index (κ3) is 29.0. The van der Waals surface area contributed by atoms with Gasteiger partial charge in [0.05, 0.1) is 112 Å². The molecule has 0 fully saturated rings. The molecule has 0 unspecified atom stereocenters. The number of aromatic nitrogens is 3. The first-order chi connectivity index (χ1) is 31.9. The maximum Gasteiger partial charge on any atom is 0.313 e. The molecule has 1 amide bonds. The zero-order valence-corrected chi connectivity index (χ0v) is 37.3. The molecule has 4 N–H and O–H groups in total. The Bertz CT molecular complexity index is 1760. The summed E-state index contributed by atoms with van der Waals surface area (Å²) < 4.78 is 62.5. The SMILES string of the molecule is CCCCNc1nc(NCCOCCOCCC(=O)NCc2ccc(OC(=O)CCOCCOCCOCCOCCOCCOCCN=[N+]=[N-])cc2)nc(NCc2cccc(F)c2)n1. The van der Waals surface area contributed by atoms with Crippen molar-refractivity contribution in [2.45, 2.75) is 45.7 Å². The average Bonchev–Trinajstić information content (AvgIpc) is 3.30. The number of halogens is 1. The van der Waals surface area contributed by atoms with Gasteiger partial charge in [0.1, 0.15) is 11.6 Å². The van der Waals surface area contributed by atoms with E-state index in [2.05, 4.69) is 53.2 Å². The number of amides is 1. The van der Waals surface area contributed by atoms with E-state index in [1.807, 2.05) is 6.07 Å². The molecule has 0 aliphatic carbocycles. The predicted molar refractivity (Wildman–Crippen MR) is 239 cm³/mol. The van der Waals surface area contributed by atoms with Crippen LogP contribution in [0.1, 0.15) is 43.7 Å². The Kier molecular flexibility index (Phi) is 30.8. The molecular weight excluding hydrogens is 852 g/mol. The minimum Gasteiger partial charge on any atom is -0.426 e. The van der Waals surface area contributed by atoms with Crippen molar-refractivity contribution in [1.29, 1.82) is 0 Å². The Morgan fingerprint density at radius 2 is 1.14 bits per heavy atom. The number of carbonyl (C=O) groups excluding carboxylic acids is 2. The molecule has 0 radical (unpaired) electrons. The van der Waals surface area contributed by atoms with E-state index < -0.39 is 5.97 Å². The molecule has 1 aromatic heterocycles. The second-order valence-electron chi connectivity index (χ2n) is 13.7. The van der Waals surface area contributed by atoms with E-state index in [9.17, 15) is 14.0 Å². The van der Waals surface area contributed by atoms with Crippen LogP contribution in [0.3, 0.4) is 0 Å². The number of hydrogen-bond acceptors (Lipinski definition) is 18. The number of rotatable bonds is 41. The highest BCUT2D eigenvalue weighted by molar-refractivity contribution is 5.76. The summed E-state index contributed by atoms with van der Waals surface area (Å²) in [5, 5.41) is 15.7. The van der Waals surface area contributed by atoms with Gasteiger partial charge in [-0.05, 0) is 47.3 Å². The van der Waals surface area contributed by atoms with Gasteiger partial charge in [0.25, 0.3) is 0 Å². The molecule has 22 heteroatoms. The Labute approximate surface area is 379 Å². The summed E-state index contributed by atoms with van der Waals surface area (Å²) >= 11 is 0. The number of nitrogens with zero attached hydrogens (tertiary/aromatic N) is 6. The smallest absolute Gasteiger partial charge is 0.313 e. The molecule has 65 heavy (non-hydrogen) atoms. The molecule has 2 aromatic carbocycles. The Hall–Kier alpha value is -5.29. The van der Waals surface area contributed by atoms with Crippen LogP contribution in [-0.4, -0.2) is 152 Å². The average molecular weight is 917 g/mol. The van der Waals surface area contributed by atoms with Crippen LogP contribution < -0.4 is 26.0 Å². The van der Waals surface area contributed by atoms with Crippen molar-refractivity contribution in [2.24, 2.45) is 5.11 Å². The highest BCUT2D eigenvalue weighted by atomic mass is 19.1. The highest BCUT2D eigenvalue weighted by Crippen LogP contribution is 2.14. The van der Waals surface area contributed by atoms with Crippen LogP contribution in [0.4, 0.5) is 22.2 Å². The third-order valence-electron chi connectivity index (χ3n) is 8.52. The van der Waals surface area contributed by atoms with Gasteiger partial charge in [0, 0.05) is 44.1 Å². The van der Waals surface area contributed by atoms with Crippen LogP contribution in [0, 0.1) is 5.82 Å². The summed E-state index contributed by atoms with van der Waals surface area (Å²) in [5.74, 6) is 0.685. The van der Waals surface area contributed by atoms with E-state index in [0.717, 1.165) is 30.5 Å². The maximum absolute atomic E-state index is 13.6. The van der Waals surface area contributed by atoms with Gasteiger partial charge < -0.3 is 63.9 Å². The molecule has 0 atom stereocenters. The van der Waals surface area contributed by atoms with Crippen molar-refractivity contribution in [3.05, 3.63) is 75.9 Å². The zero-order chi connectivity index (χ0) is 46.3. The van der Waals surface area contributed by atoms with Crippen molar-refractivity contribution in [1.82, 2.24) is 20.3 Å². The minimum absolute atomic E-state index is 0.0883. The highest BCUT2D eigenvalue weighted by Gasteiger charge is 2.09. The van der Waals surface area contributed by atoms with Gasteiger partial charge in [-0.2, -0.15) is 15.0 Å². The van der Waals surface area contributed by atoms with Crippen LogP contribution in [0.15, 0.2) is 53.6 Å². The summed E-state index contributed by atoms with van der Waals surface area (Å²) in [7, 11) is 0. The number of carbonyl (C=O) groups is 2. The van der Waals surface area contributed by atoms with E-state index >= 15 is 0 Å². The fourth-order valence-corrected chi connectivity index (χ4v) is 5.19. The molecule has 360 valence electrons. The van der Waals surface area contributed by atoms with Crippen LogP contribution in [0.2, 0.25) is 0 Å². The largest absolute Gasteiger partial charge is 0.426 e. The molecule has 0 aliphatic heterocycles. The summed E-state index contributed by atoms with van der Waals surface area (Å²) in [6.45, 7) is 10.3. The Morgan fingerprint density at radius 1 is 0.615 bits per heavy atom. The summed E-state index contributed by atoms with van der Waals surface area (Å²) in [6, 6.07) is 13.2. The molecular formula is C43H65FN10O11. The van der Waals surface area contributed by atoms with E-state index in [0.29, 0.717) is 142 Å². The third-order valence-corrected chi connectivity index (χ3v) is 8.52. The molecule has 21 nitrogen and oxygen atoms in total. The van der Waals surface area contributed by atoms with Crippen molar-refractivity contribution in [2.75, 3.05) is 141 Å². The first-order valence-electron chi connectivity index (χ1n) is 21.9. The lowest BCUT2D eigenvalue weighted by molar-refractivity contribution is -0.135. The number of ether oxygens (including phenoxy) is 9. The van der Waals surface area contributed by atoms with Crippen molar-refractivity contribution in [3.8, 4) is 5.75 Å². The molecule has 0 spiro atoms. The van der Waals surface area contributed by atoms with Gasteiger partial charge in [-0.15, -0.1) is 0 Å². The van der Waals surface area contributed by atoms with E-state index in [-0.39, 0.29) is 37.8 Å². The first kappa shape index (κ1) is 54.0. The first-order valence-corrected chi connectivity index (χ1v) is 21.9. The van der Waals surface area contributed by atoms with Crippen LogP contribution in [-0.2, 0) is 60.6 Å². The number of unbranched alkanes of at least 4 members (excludes halogenated alkanes) is 1. The molecule has 1 heterocycles. The second-order valence-corrected chi connectivity index (χ2v) is 13.7. The van der Waals surface area contributed by atoms with Crippen molar-refractivity contribution in [3.63, 3.8) is 0 Å². The van der Waals surface area contributed by atoms with Gasteiger partial charge in [-0.1, -0.05) is 42.7 Å². The fourth-order valence-electron chi connectivity index (χ4n) is 5.19. The van der Waals surface area contributed by atoms with Crippen molar-refractivity contribution < 1.29 is 56.6 Å². The van der Waals surface area contributed by atoms with E-state index in [4.69, 9.17) is 48.2 Å². The lowest BCUT2D eigenvalue weighted by Gasteiger charge is -2.12. The molecule has 0 aliphatic rings.